The number of allylic oxidation sites excluding steroid dienone is 1. The zero-order valence-electron chi connectivity index (χ0n) is 14.6. The molecule has 1 aromatic carbocycles. The average molecular weight is 365 g/mol. The average Bonchev–Trinajstić information content (AvgIpc) is 3.05. The Hall–Kier alpha value is -3.15. The van der Waals surface area contributed by atoms with E-state index in [1.807, 2.05) is 36.4 Å². The summed E-state index contributed by atoms with van der Waals surface area (Å²) in [6, 6.07) is 11.3. The Morgan fingerprint density at radius 2 is 1.78 bits per heavy atom. The van der Waals surface area contributed by atoms with E-state index in [2.05, 4.69) is 0 Å². The molecule has 0 radical (unpaired) electrons. The quantitative estimate of drug-likeness (QED) is 0.793. The first kappa shape index (κ1) is 17.3. The number of aliphatic carboxylic acids is 1. The molecule has 4 rings (SSSR count). The summed E-state index contributed by atoms with van der Waals surface area (Å²) in [5.74, 6) is -2.47. The Balaban J connectivity index is 1.88. The van der Waals surface area contributed by atoms with Gasteiger partial charge in [0, 0.05) is 18.2 Å². The molecular weight excluding hydrogens is 346 g/mol. The minimum Gasteiger partial charge on any atom is -0.505 e. The molecule has 2 N–H and O–H groups in total. The van der Waals surface area contributed by atoms with Crippen LogP contribution in [-0.2, 0) is 19.9 Å². The van der Waals surface area contributed by atoms with Crippen molar-refractivity contribution in [2.24, 2.45) is 0 Å². The number of carbonyl (C=O) groups excluding carboxylic acids is 2. The molecule has 2 aromatic rings. The number of carbonyl (C=O) groups is 3. The van der Waals surface area contributed by atoms with Crippen molar-refractivity contribution >= 4 is 23.3 Å². The maximum atomic E-state index is 13.1. The summed E-state index contributed by atoms with van der Waals surface area (Å²) < 4.78 is 1.80. The summed E-state index contributed by atoms with van der Waals surface area (Å²) >= 11 is 0. The second-order valence-corrected chi connectivity index (χ2v) is 7.07. The van der Waals surface area contributed by atoms with Crippen molar-refractivity contribution in [3.8, 4) is 11.1 Å². The summed E-state index contributed by atoms with van der Waals surface area (Å²) in [5, 5.41) is 19.7. The molecule has 6 nitrogen and oxygen atoms in total. The van der Waals surface area contributed by atoms with Gasteiger partial charge < -0.3 is 14.8 Å². The smallest absolute Gasteiger partial charge is 0.303 e. The van der Waals surface area contributed by atoms with Crippen molar-refractivity contribution in [3.05, 3.63) is 53.9 Å². The van der Waals surface area contributed by atoms with Crippen LogP contribution in [0.4, 0.5) is 0 Å². The number of carboxylic acid groups (broad SMARTS) is 1. The Morgan fingerprint density at radius 3 is 2.37 bits per heavy atom. The first-order chi connectivity index (χ1) is 13.0. The molecule has 0 atom stereocenters. The number of ketones is 2. The van der Waals surface area contributed by atoms with E-state index >= 15 is 0 Å². The Kier molecular flexibility index (Phi) is 3.98. The van der Waals surface area contributed by atoms with E-state index in [-0.39, 0.29) is 24.2 Å². The fourth-order valence-electron chi connectivity index (χ4n) is 4.03. The number of rotatable bonds is 5. The van der Waals surface area contributed by atoms with Gasteiger partial charge in [0.15, 0.2) is 17.3 Å². The number of Topliss-reactive ketones (excluding diaryl/α,β-unsaturated/α-hetero) is 2. The highest BCUT2D eigenvalue weighted by Gasteiger charge is 2.53. The second-order valence-electron chi connectivity index (χ2n) is 7.07. The zero-order chi connectivity index (χ0) is 19.2. The van der Waals surface area contributed by atoms with E-state index in [1.54, 1.807) is 10.8 Å². The topological polar surface area (TPSA) is 96.6 Å². The normalized spacial score (nSPS) is 17.6. The molecule has 27 heavy (non-hydrogen) atoms. The predicted molar refractivity (Wildman–Crippen MR) is 98.1 cm³/mol. The van der Waals surface area contributed by atoms with Crippen LogP contribution in [0.15, 0.2) is 48.2 Å². The van der Waals surface area contributed by atoms with Gasteiger partial charge in [0.25, 0.3) is 0 Å². The summed E-state index contributed by atoms with van der Waals surface area (Å²) in [5.41, 5.74) is 0.982. The minimum atomic E-state index is -1.11. The number of aromatic nitrogens is 1. The van der Waals surface area contributed by atoms with Gasteiger partial charge in [0.05, 0.1) is 12.1 Å². The molecule has 1 spiro atoms. The highest BCUT2D eigenvalue weighted by atomic mass is 16.4. The van der Waals surface area contributed by atoms with Crippen molar-refractivity contribution in [1.82, 2.24) is 4.57 Å². The zero-order valence-corrected chi connectivity index (χ0v) is 14.6. The van der Waals surface area contributed by atoms with Gasteiger partial charge in [-0.1, -0.05) is 30.3 Å². The molecule has 1 fully saturated rings. The van der Waals surface area contributed by atoms with Crippen molar-refractivity contribution < 1.29 is 24.6 Å². The van der Waals surface area contributed by atoms with Gasteiger partial charge in [-0.2, -0.15) is 0 Å². The fraction of sp³-hybridized carbons (Fsp3) is 0.286. The number of carboxylic acids is 1. The third kappa shape index (κ3) is 2.51. The molecule has 6 heteroatoms. The molecule has 1 aromatic heterocycles. The summed E-state index contributed by atoms with van der Waals surface area (Å²) in [6.45, 7) is 0. The van der Waals surface area contributed by atoms with Gasteiger partial charge in [-0.3, -0.25) is 14.4 Å². The van der Waals surface area contributed by atoms with E-state index in [0.717, 1.165) is 17.5 Å². The molecule has 0 unspecified atom stereocenters. The van der Waals surface area contributed by atoms with Crippen LogP contribution in [0.3, 0.4) is 0 Å². The summed E-state index contributed by atoms with van der Waals surface area (Å²) in [6.07, 6.45) is 3.18. The minimum absolute atomic E-state index is 0.251. The third-order valence-corrected chi connectivity index (χ3v) is 5.57. The van der Waals surface area contributed by atoms with Crippen LogP contribution in [-0.4, -0.2) is 32.3 Å². The van der Waals surface area contributed by atoms with Crippen LogP contribution in [0.25, 0.3) is 16.9 Å². The number of hydrogen-bond acceptors (Lipinski definition) is 4. The third-order valence-electron chi connectivity index (χ3n) is 5.57. The lowest BCUT2D eigenvalue weighted by atomic mass is 9.68. The predicted octanol–water partition coefficient (Wildman–Crippen LogP) is 3.32. The number of aliphatic hydroxyl groups excluding tert-OH is 1. The number of aliphatic hydroxyl groups is 1. The Morgan fingerprint density at radius 1 is 1.07 bits per heavy atom. The van der Waals surface area contributed by atoms with Crippen LogP contribution in [0.2, 0.25) is 0 Å². The van der Waals surface area contributed by atoms with Crippen LogP contribution < -0.4 is 0 Å². The van der Waals surface area contributed by atoms with E-state index in [0.29, 0.717) is 18.5 Å². The van der Waals surface area contributed by atoms with Gasteiger partial charge in [-0.25, -0.2) is 0 Å². The molecule has 2 aliphatic rings. The van der Waals surface area contributed by atoms with Gasteiger partial charge in [0.2, 0.25) is 0 Å². The molecule has 0 amide bonds. The Bertz CT molecular complexity index is 979. The monoisotopic (exact) mass is 365 g/mol. The van der Waals surface area contributed by atoms with Gasteiger partial charge in [-0.05, 0) is 30.9 Å². The standard InChI is InChI=1S/C21H19NO5/c23-15(7-8-16(24)25)17-19(26)18-14(13-5-2-1-3-6-13)9-12-22(18)21(20(17)27)10-4-11-21/h1-3,5-6,9,12,26H,4,7-8,10-11H2,(H,24,25). The molecular formula is C21H19NO5. The van der Waals surface area contributed by atoms with E-state index in [1.165, 1.54) is 0 Å². The fourth-order valence-corrected chi connectivity index (χ4v) is 4.03. The van der Waals surface area contributed by atoms with Crippen LogP contribution in [0.5, 0.6) is 0 Å². The molecule has 138 valence electrons. The first-order valence-electron chi connectivity index (χ1n) is 8.96. The molecule has 1 aliphatic heterocycles. The van der Waals surface area contributed by atoms with Crippen molar-refractivity contribution in [2.45, 2.75) is 37.6 Å². The number of benzene rings is 1. The SMILES string of the molecule is O=C(O)CCC(=O)C1=C(O)c2c(-c3ccccc3)ccn2C2(CCC2)C1=O. The summed E-state index contributed by atoms with van der Waals surface area (Å²) in [7, 11) is 0. The maximum Gasteiger partial charge on any atom is 0.303 e. The molecule has 0 bridgehead atoms. The molecule has 2 heterocycles. The lowest BCUT2D eigenvalue weighted by Crippen LogP contribution is -2.52. The van der Waals surface area contributed by atoms with Crippen molar-refractivity contribution in [1.29, 1.82) is 0 Å². The summed E-state index contributed by atoms with van der Waals surface area (Å²) in [4.78, 5) is 36.6. The lowest BCUT2D eigenvalue weighted by molar-refractivity contribution is -0.139. The largest absolute Gasteiger partial charge is 0.505 e. The number of hydrogen-bond donors (Lipinski definition) is 2. The van der Waals surface area contributed by atoms with E-state index < -0.39 is 23.1 Å². The first-order valence-corrected chi connectivity index (χ1v) is 8.96. The van der Waals surface area contributed by atoms with Gasteiger partial charge in [-0.15, -0.1) is 0 Å². The van der Waals surface area contributed by atoms with Gasteiger partial charge >= 0.3 is 5.97 Å². The highest BCUT2D eigenvalue weighted by molar-refractivity contribution is 6.28. The van der Waals surface area contributed by atoms with E-state index in [4.69, 9.17) is 5.11 Å². The van der Waals surface area contributed by atoms with Crippen LogP contribution in [0.1, 0.15) is 37.8 Å². The van der Waals surface area contributed by atoms with Crippen molar-refractivity contribution in [2.75, 3.05) is 0 Å². The van der Waals surface area contributed by atoms with Crippen LogP contribution >= 0.6 is 0 Å². The highest BCUT2D eigenvalue weighted by Crippen LogP contribution is 2.49. The lowest BCUT2D eigenvalue weighted by Gasteiger charge is -2.45. The molecule has 0 saturated heterocycles. The van der Waals surface area contributed by atoms with Crippen LogP contribution in [0, 0.1) is 0 Å². The second kappa shape index (κ2) is 6.23. The van der Waals surface area contributed by atoms with Crippen molar-refractivity contribution in [3.63, 3.8) is 0 Å². The molecule has 1 aliphatic carbocycles. The van der Waals surface area contributed by atoms with E-state index in [9.17, 15) is 19.5 Å². The number of fused-ring (bicyclic) bond motifs is 2. The number of nitrogens with zero attached hydrogens (tertiary/aromatic N) is 1. The Labute approximate surface area is 155 Å². The molecule has 1 saturated carbocycles. The van der Waals surface area contributed by atoms with Gasteiger partial charge in [0.1, 0.15) is 11.1 Å². The maximum absolute atomic E-state index is 13.1.